The molecule has 6 atom stereocenters. The largest absolute Gasteiger partial charge is 0.472 e. The monoisotopic (exact) mass is 1510 g/mol. The molecule has 0 spiro atoms. The smallest absolute Gasteiger partial charge is 0.462 e. The molecule has 0 aliphatic carbocycles. The number of phosphoric acid groups is 2. The molecule has 0 aromatic heterocycles. The van der Waals surface area contributed by atoms with E-state index in [1.807, 2.05) is 0 Å². The Kier molecular flexibility index (Phi) is 71.5. The van der Waals surface area contributed by atoms with Crippen LogP contribution in [-0.4, -0.2) is 96.7 Å². The predicted molar refractivity (Wildman–Crippen MR) is 423 cm³/mol. The summed E-state index contributed by atoms with van der Waals surface area (Å²) in [6.07, 6.45) is 61.2. The average Bonchev–Trinajstić information content (AvgIpc) is 0.995. The number of unbranched alkanes of at least 4 members (excludes halogenated alkanes) is 46. The van der Waals surface area contributed by atoms with Crippen molar-refractivity contribution in [3.05, 3.63) is 0 Å². The maximum Gasteiger partial charge on any atom is 0.472 e. The Morgan fingerprint density at radius 3 is 0.689 bits per heavy atom. The zero-order valence-electron chi connectivity index (χ0n) is 68.0. The summed E-state index contributed by atoms with van der Waals surface area (Å²) in [6.45, 7) is 14.3. The van der Waals surface area contributed by atoms with E-state index in [1.165, 1.54) is 231 Å². The van der Waals surface area contributed by atoms with Crippen LogP contribution < -0.4 is 0 Å². The third kappa shape index (κ3) is 76.6. The Balaban J connectivity index is 5.22. The van der Waals surface area contributed by atoms with Crippen LogP contribution in [0, 0.1) is 23.7 Å². The number of hydrogen-bond donors (Lipinski definition) is 3. The highest BCUT2D eigenvalue weighted by molar-refractivity contribution is 7.47. The first kappa shape index (κ1) is 101. The number of aliphatic hydroxyl groups is 1. The van der Waals surface area contributed by atoms with Crippen molar-refractivity contribution in [3.8, 4) is 0 Å². The summed E-state index contributed by atoms with van der Waals surface area (Å²) in [7, 11) is -9.93. The van der Waals surface area contributed by atoms with E-state index < -0.39 is 97.5 Å². The quantitative estimate of drug-likeness (QED) is 0.0222. The minimum absolute atomic E-state index is 0.105. The van der Waals surface area contributed by atoms with Gasteiger partial charge in [0.05, 0.1) is 26.4 Å². The zero-order chi connectivity index (χ0) is 76.0. The van der Waals surface area contributed by atoms with Crippen molar-refractivity contribution in [2.45, 2.75) is 453 Å². The van der Waals surface area contributed by atoms with Gasteiger partial charge in [-0.3, -0.25) is 37.3 Å². The number of phosphoric ester groups is 2. The highest BCUT2D eigenvalue weighted by Gasteiger charge is 2.30. The van der Waals surface area contributed by atoms with E-state index >= 15 is 0 Å². The molecule has 0 amide bonds. The highest BCUT2D eigenvalue weighted by atomic mass is 31.2. The van der Waals surface area contributed by atoms with Gasteiger partial charge in [-0.1, -0.05) is 383 Å². The molecule has 612 valence electrons. The molecular formula is C84H164O17P2. The molecule has 0 aliphatic heterocycles. The molecule has 0 saturated carbocycles. The molecule has 0 aromatic rings. The van der Waals surface area contributed by atoms with Crippen LogP contribution in [0.1, 0.15) is 434 Å². The SMILES string of the molecule is CCC(C)CCCCCCCCCCCCC(=O)O[C@H](COC(=O)CCCCCCCCCC(C)C)COP(=O)(O)OCC(O)COP(=O)(O)OC[C@@H](COC(=O)CCCCCCCCCCCCCCCCCCCCC(C)C)OC(=O)CCCCCCCCCCCCCCCCCC(C)C. The average molecular weight is 1510 g/mol. The normalized spacial score (nSPS) is 14.2. The molecule has 0 aliphatic rings. The predicted octanol–water partition coefficient (Wildman–Crippen LogP) is 25.2. The minimum Gasteiger partial charge on any atom is -0.462 e. The van der Waals surface area contributed by atoms with Gasteiger partial charge in [0.2, 0.25) is 0 Å². The third-order valence-corrected chi connectivity index (χ3v) is 21.8. The Morgan fingerprint density at radius 1 is 0.272 bits per heavy atom. The summed E-state index contributed by atoms with van der Waals surface area (Å²) in [5.74, 6) is 1.02. The first-order chi connectivity index (χ1) is 49.6. The summed E-state index contributed by atoms with van der Waals surface area (Å²) < 4.78 is 68.8. The second-order valence-corrected chi connectivity index (χ2v) is 34.8. The fourth-order valence-corrected chi connectivity index (χ4v) is 14.5. The van der Waals surface area contributed by atoms with Gasteiger partial charge in [0.1, 0.15) is 19.3 Å². The Bertz CT molecular complexity index is 2010. The van der Waals surface area contributed by atoms with Crippen molar-refractivity contribution in [1.82, 2.24) is 0 Å². The number of hydrogen-bond acceptors (Lipinski definition) is 15. The summed E-state index contributed by atoms with van der Waals surface area (Å²) in [4.78, 5) is 73.1. The van der Waals surface area contributed by atoms with Crippen LogP contribution in [0.5, 0.6) is 0 Å². The topological polar surface area (TPSA) is 237 Å². The molecule has 3 N–H and O–H groups in total. The van der Waals surface area contributed by atoms with Crippen molar-refractivity contribution in [1.29, 1.82) is 0 Å². The maximum atomic E-state index is 13.1. The van der Waals surface area contributed by atoms with E-state index in [0.717, 1.165) is 114 Å². The van der Waals surface area contributed by atoms with E-state index in [0.29, 0.717) is 31.6 Å². The van der Waals surface area contributed by atoms with Gasteiger partial charge in [0, 0.05) is 25.7 Å². The molecule has 19 heteroatoms. The van der Waals surface area contributed by atoms with E-state index in [-0.39, 0.29) is 25.7 Å². The molecule has 0 bridgehead atoms. The zero-order valence-corrected chi connectivity index (χ0v) is 69.7. The van der Waals surface area contributed by atoms with Crippen molar-refractivity contribution >= 4 is 39.5 Å². The van der Waals surface area contributed by atoms with Crippen molar-refractivity contribution < 1.29 is 80.2 Å². The lowest BCUT2D eigenvalue weighted by Crippen LogP contribution is -2.30. The van der Waals surface area contributed by atoms with Crippen LogP contribution >= 0.6 is 15.6 Å². The van der Waals surface area contributed by atoms with Gasteiger partial charge in [-0.05, 0) is 49.4 Å². The molecule has 0 saturated heterocycles. The Morgan fingerprint density at radius 2 is 0.466 bits per heavy atom. The van der Waals surface area contributed by atoms with Crippen LogP contribution in [-0.2, 0) is 65.4 Å². The molecule has 0 fully saturated rings. The number of carbonyl (C=O) groups is 4. The lowest BCUT2D eigenvalue weighted by molar-refractivity contribution is -0.161. The molecular weight excluding hydrogens is 1340 g/mol. The molecule has 103 heavy (non-hydrogen) atoms. The molecule has 0 radical (unpaired) electrons. The second kappa shape index (κ2) is 72.9. The summed E-state index contributed by atoms with van der Waals surface area (Å²) >= 11 is 0. The number of aliphatic hydroxyl groups excluding tert-OH is 1. The van der Waals surface area contributed by atoms with E-state index in [1.54, 1.807) is 0 Å². The molecule has 0 rings (SSSR count). The summed E-state index contributed by atoms with van der Waals surface area (Å²) in [5.41, 5.74) is 0. The van der Waals surface area contributed by atoms with Crippen LogP contribution in [0.15, 0.2) is 0 Å². The first-order valence-electron chi connectivity index (χ1n) is 43.2. The van der Waals surface area contributed by atoms with Crippen LogP contribution in [0.2, 0.25) is 0 Å². The number of carbonyl (C=O) groups excluding carboxylic acids is 4. The van der Waals surface area contributed by atoms with Gasteiger partial charge < -0.3 is 33.8 Å². The van der Waals surface area contributed by atoms with Crippen molar-refractivity contribution in [2.75, 3.05) is 39.6 Å². The number of esters is 4. The van der Waals surface area contributed by atoms with Crippen LogP contribution in [0.4, 0.5) is 0 Å². The van der Waals surface area contributed by atoms with Gasteiger partial charge in [0.25, 0.3) is 0 Å². The van der Waals surface area contributed by atoms with E-state index in [9.17, 15) is 43.2 Å². The minimum atomic E-state index is -4.97. The van der Waals surface area contributed by atoms with Crippen molar-refractivity contribution in [2.24, 2.45) is 23.7 Å². The highest BCUT2D eigenvalue weighted by Crippen LogP contribution is 2.45. The maximum absolute atomic E-state index is 13.1. The number of rotatable bonds is 81. The lowest BCUT2D eigenvalue weighted by atomic mass is 9.99. The summed E-state index contributed by atoms with van der Waals surface area (Å²) in [5, 5.41) is 10.7. The van der Waals surface area contributed by atoms with Gasteiger partial charge in [-0.2, -0.15) is 0 Å². The molecule has 4 unspecified atom stereocenters. The lowest BCUT2D eigenvalue weighted by Gasteiger charge is -2.21. The third-order valence-electron chi connectivity index (χ3n) is 19.9. The first-order valence-corrected chi connectivity index (χ1v) is 46.2. The molecule has 0 aromatic carbocycles. The van der Waals surface area contributed by atoms with Gasteiger partial charge >= 0.3 is 39.5 Å². The van der Waals surface area contributed by atoms with Crippen LogP contribution in [0.3, 0.4) is 0 Å². The molecule has 17 nitrogen and oxygen atoms in total. The van der Waals surface area contributed by atoms with Crippen molar-refractivity contribution in [3.63, 3.8) is 0 Å². The Labute approximate surface area is 632 Å². The Hall–Kier alpha value is -1.94. The summed E-state index contributed by atoms with van der Waals surface area (Å²) in [6, 6.07) is 0. The standard InChI is InChI=1S/C84H164O17P2/c1-9-77(8)63-55-47-39-31-27-28-34-42-51-59-67-84(89)101-80(71-95-82(87)65-57-49-43-35-38-46-54-62-76(6)7)73-99-103(92,93)97-69-78(85)68-96-102(90,91)98-72-79(100-83(88)66-58-50-41-33-26-22-18-14-16-20-24-30-37-45-53-61-75(4)5)70-94-81(86)64-56-48-40-32-25-21-17-13-11-10-12-15-19-23-29-36-44-52-60-74(2)3/h74-80,85H,9-73H2,1-8H3,(H,90,91)(H,92,93)/t77?,78?,79-,80-/m1/s1. The van der Waals surface area contributed by atoms with Gasteiger partial charge in [0.15, 0.2) is 12.2 Å². The van der Waals surface area contributed by atoms with Crippen LogP contribution in [0.25, 0.3) is 0 Å². The fraction of sp³-hybridized carbons (Fsp3) is 0.952. The van der Waals surface area contributed by atoms with Gasteiger partial charge in [-0.25, -0.2) is 9.13 Å². The van der Waals surface area contributed by atoms with Gasteiger partial charge in [-0.15, -0.1) is 0 Å². The number of ether oxygens (including phenoxy) is 4. The van der Waals surface area contributed by atoms with E-state index in [4.69, 9.17) is 37.0 Å². The molecule has 0 heterocycles. The fourth-order valence-electron chi connectivity index (χ4n) is 12.9. The van der Waals surface area contributed by atoms with E-state index in [2.05, 4.69) is 55.4 Å². The second-order valence-electron chi connectivity index (χ2n) is 31.9.